The fourth-order valence-electron chi connectivity index (χ4n) is 1.52. The van der Waals surface area contributed by atoms with Crippen LogP contribution in [0.5, 0.6) is 0 Å². The van der Waals surface area contributed by atoms with E-state index in [1.807, 2.05) is 24.3 Å². The molecule has 0 fully saturated rings. The minimum absolute atomic E-state index is 0.178. The molecule has 15 heavy (non-hydrogen) atoms. The van der Waals surface area contributed by atoms with Gasteiger partial charge < -0.3 is 9.15 Å². The number of aryl methyl sites for hydroxylation is 1. The van der Waals surface area contributed by atoms with E-state index in [1.54, 1.807) is 6.26 Å². The third-order valence-corrected chi connectivity index (χ3v) is 2.36. The lowest BCUT2D eigenvalue weighted by Gasteiger charge is -2.00. The molecule has 0 unspecified atom stereocenters. The van der Waals surface area contributed by atoms with Crippen molar-refractivity contribution < 1.29 is 13.9 Å². The first-order chi connectivity index (χ1) is 7.29. The van der Waals surface area contributed by atoms with Crippen LogP contribution in [0.15, 0.2) is 34.9 Å². The molecule has 1 aromatic heterocycles. The second-order valence-corrected chi connectivity index (χ2v) is 3.37. The molecule has 1 heterocycles. The molecule has 0 aliphatic carbocycles. The van der Waals surface area contributed by atoms with Crippen LogP contribution >= 0.6 is 0 Å². The van der Waals surface area contributed by atoms with Crippen molar-refractivity contribution in [3.8, 4) is 0 Å². The number of ether oxygens (including phenoxy) is 1. The molecule has 0 amide bonds. The number of fused-ring (bicyclic) bond motifs is 1. The first-order valence-corrected chi connectivity index (χ1v) is 4.82. The van der Waals surface area contributed by atoms with Crippen LogP contribution in [0.4, 0.5) is 0 Å². The summed E-state index contributed by atoms with van der Waals surface area (Å²) in [6, 6.07) is 7.83. The second kappa shape index (κ2) is 4.17. The van der Waals surface area contributed by atoms with Crippen molar-refractivity contribution in [3.05, 3.63) is 36.1 Å². The van der Waals surface area contributed by atoms with Crippen LogP contribution in [0.1, 0.15) is 12.0 Å². The van der Waals surface area contributed by atoms with E-state index in [0.717, 1.165) is 16.5 Å². The summed E-state index contributed by atoms with van der Waals surface area (Å²) in [6.07, 6.45) is 2.78. The fraction of sp³-hybridized carbons (Fsp3) is 0.250. The molecule has 78 valence electrons. The molecule has 1 aromatic carbocycles. The van der Waals surface area contributed by atoms with Gasteiger partial charge in [0.05, 0.1) is 13.4 Å². The molecule has 0 radical (unpaired) electrons. The molecule has 0 aliphatic rings. The molecule has 0 saturated heterocycles. The molecule has 3 nitrogen and oxygen atoms in total. The number of carbonyl (C=O) groups is 1. The quantitative estimate of drug-likeness (QED) is 0.721. The first-order valence-electron chi connectivity index (χ1n) is 4.82. The third kappa shape index (κ3) is 2.18. The Labute approximate surface area is 87.6 Å². The minimum Gasteiger partial charge on any atom is -0.469 e. The Kier molecular flexibility index (Phi) is 2.72. The summed E-state index contributed by atoms with van der Waals surface area (Å²) >= 11 is 0. The van der Waals surface area contributed by atoms with Crippen molar-refractivity contribution in [2.45, 2.75) is 12.8 Å². The summed E-state index contributed by atoms with van der Waals surface area (Å²) in [7, 11) is 1.40. The van der Waals surface area contributed by atoms with Crippen LogP contribution in [-0.2, 0) is 16.0 Å². The number of rotatable bonds is 3. The zero-order valence-corrected chi connectivity index (χ0v) is 8.53. The lowest BCUT2D eigenvalue weighted by molar-refractivity contribution is -0.140. The van der Waals surface area contributed by atoms with Gasteiger partial charge in [-0.3, -0.25) is 4.79 Å². The van der Waals surface area contributed by atoms with E-state index >= 15 is 0 Å². The summed E-state index contributed by atoms with van der Waals surface area (Å²) in [4.78, 5) is 11.0. The number of benzene rings is 1. The topological polar surface area (TPSA) is 39.4 Å². The van der Waals surface area contributed by atoms with E-state index in [4.69, 9.17) is 4.42 Å². The van der Waals surface area contributed by atoms with Crippen molar-refractivity contribution in [1.29, 1.82) is 0 Å². The maximum Gasteiger partial charge on any atom is 0.305 e. The van der Waals surface area contributed by atoms with Crippen LogP contribution < -0.4 is 0 Å². The molecule has 0 N–H and O–H groups in total. The highest BCUT2D eigenvalue weighted by Gasteiger charge is 2.03. The number of esters is 1. The number of hydrogen-bond acceptors (Lipinski definition) is 3. The van der Waals surface area contributed by atoms with E-state index in [9.17, 15) is 4.79 Å². The molecular formula is C12H12O3. The molecule has 3 heteroatoms. The predicted molar refractivity (Wildman–Crippen MR) is 56.6 cm³/mol. The maximum absolute atomic E-state index is 11.0. The lowest BCUT2D eigenvalue weighted by atomic mass is 10.1. The van der Waals surface area contributed by atoms with Gasteiger partial charge in [-0.1, -0.05) is 6.07 Å². The van der Waals surface area contributed by atoms with Gasteiger partial charge in [-0.15, -0.1) is 0 Å². The van der Waals surface area contributed by atoms with Crippen LogP contribution in [0, 0.1) is 0 Å². The lowest BCUT2D eigenvalue weighted by Crippen LogP contribution is -2.01. The molecule has 0 saturated carbocycles. The standard InChI is InChI=1S/C12H12O3/c1-14-12(13)5-3-9-2-4-11-10(8-9)6-7-15-11/h2,4,6-8H,3,5H2,1H3. The molecule has 2 rings (SSSR count). The van der Waals surface area contributed by atoms with Gasteiger partial charge in [-0.05, 0) is 30.2 Å². The summed E-state index contributed by atoms with van der Waals surface area (Å²) in [5.41, 5.74) is 1.99. The normalized spacial score (nSPS) is 10.5. The van der Waals surface area contributed by atoms with Crippen molar-refractivity contribution in [1.82, 2.24) is 0 Å². The molecule has 0 aliphatic heterocycles. The van der Waals surface area contributed by atoms with Gasteiger partial charge in [0, 0.05) is 11.8 Å². The highest BCUT2D eigenvalue weighted by Crippen LogP contribution is 2.17. The Hall–Kier alpha value is -1.77. The van der Waals surface area contributed by atoms with E-state index < -0.39 is 0 Å². The van der Waals surface area contributed by atoms with Crippen LogP contribution in [0.2, 0.25) is 0 Å². The Morgan fingerprint density at radius 2 is 2.27 bits per heavy atom. The Balaban J connectivity index is 2.11. The molecule has 0 atom stereocenters. The smallest absolute Gasteiger partial charge is 0.305 e. The maximum atomic E-state index is 11.0. The highest BCUT2D eigenvalue weighted by atomic mass is 16.5. The Bertz CT molecular complexity index is 470. The van der Waals surface area contributed by atoms with Gasteiger partial charge in [0.2, 0.25) is 0 Å². The first kappa shape index (κ1) is 9.77. The summed E-state index contributed by atoms with van der Waals surface area (Å²) < 4.78 is 9.81. The predicted octanol–water partition coefficient (Wildman–Crippen LogP) is 2.54. The average Bonchev–Trinajstić information content (AvgIpc) is 2.72. The van der Waals surface area contributed by atoms with Crippen LogP contribution in [0.25, 0.3) is 11.0 Å². The van der Waals surface area contributed by atoms with Crippen molar-refractivity contribution >= 4 is 16.9 Å². The Morgan fingerprint density at radius 3 is 3.07 bits per heavy atom. The Morgan fingerprint density at radius 1 is 1.40 bits per heavy atom. The zero-order valence-electron chi connectivity index (χ0n) is 8.53. The highest BCUT2D eigenvalue weighted by molar-refractivity contribution is 5.78. The minimum atomic E-state index is -0.178. The largest absolute Gasteiger partial charge is 0.469 e. The van der Waals surface area contributed by atoms with Crippen LogP contribution in [-0.4, -0.2) is 13.1 Å². The molecule has 2 aromatic rings. The van der Waals surface area contributed by atoms with E-state index in [-0.39, 0.29) is 5.97 Å². The third-order valence-electron chi connectivity index (χ3n) is 2.36. The van der Waals surface area contributed by atoms with Gasteiger partial charge in [-0.2, -0.15) is 0 Å². The SMILES string of the molecule is COC(=O)CCc1ccc2occc2c1. The van der Waals surface area contributed by atoms with E-state index in [2.05, 4.69) is 4.74 Å². The number of methoxy groups -OCH3 is 1. The summed E-state index contributed by atoms with van der Waals surface area (Å²) in [5.74, 6) is -0.178. The van der Waals surface area contributed by atoms with Gasteiger partial charge in [0.1, 0.15) is 5.58 Å². The molecular weight excluding hydrogens is 192 g/mol. The van der Waals surface area contributed by atoms with Gasteiger partial charge in [0.15, 0.2) is 0 Å². The van der Waals surface area contributed by atoms with Gasteiger partial charge in [0.25, 0.3) is 0 Å². The monoisotopic (exact) mass is 204 g/mol. The molecule has 0 spiro atoms. The van der Waals surface area contributed by atoms with Crippen molar-refractivity contribution in [2.24, 2.45) is 0 Å². The number of furan rings is 1. The number of hydrogen-bond donors (Lipinski definition) is 0. The van der Waals surface area contributed by atoms with Crippen molar-refractivity contribution in [2.75, 3.05) is 7.11 Å². The van der Waals surface area contributed by atoms with Crippen molar-refractivity contribution in [3.63, 3.8) is 0 Å². The van der Waals surface area contributed by atoms with Gasteiger partial charge in [-0.25, -0.2) is 0 Å². The van der Waals surface area contributed by atoms with Gasteiger partial charge >= 0.3 is 5.97 Å². The summed E-state index contributed by atoms with van der Waals surface area (Å²) in [6.45, 7) is 0. The van der Waals surface area contributed by atoms with E-state index in [1.165, 1.54) is 7.11 Å². The fourth-order valence-corrected chi connectivity index (χ4v) is 1.52. The van der Waals surface area contributed by atoms with E-state index in [0.29, 0.717) is 12.8 Å². The summed E-state index contributed by atoms with van der Waals surface area (Å²) in [5, 5.41) is 1.07. The van der Waals surface area contributed by atoms with Crippen LogP contribution in [0.3, 0.4) is 0 Å². The average molecular weight is 204 g/mol. The number of carbonyl (C=O) groups excluding carboxylic acids is 1. The second-order valence-electron chi connectivity index (χ2n) is 3.37. The zero-order chi connectivity index (χ0) is 10.7. The molecule has 0 bridgehead atoms.